The molecule has 5 aromatic carbocycles. The molecule has 1 spiro atoms. The van der Waals surface area contributed by atoms with Gasteiger partial charge in [-0.25, -0.2) is 0 Å². The van der Waals surface area contributed by atoms with Crippen LogP contribution in [0.15, 0.2) is 127 Å². The lowest BCUT2D eigenvalue weighted by Crippen LogP contribution is -2.58. The number of fused-ring (bicyclic) bond motifs is 4. The van der Waals surface area contributed by atoms with E-state index in [0.717, 1.165) is 28.2 Å². The number of anilines is 1. The van der Waals surface area contributed by atoms with Gasteiger partial charge in [0, 0.05) is 38.4 Å². The number of carbonyl (C=O) groups is 3. The molecule has 11 nitrogen and oxygen atoms in total. The first-order valence-electron chi connectivity index (χ1n) is 19.1. The zero-order valence-electron chi connectivity index (χ0n) is 30.5. The number of aromatic hydroxyl groups is 1. The normalized spacial score (nSPS) is 26.8. The molecule has 6 atom stereocenters. The van der Waals surface area contributed by atoms with Crippen molar-refractivity contribution in [1.29, 1.82) is 0 Å². The van der Waals surface area contributed by atoms with Crippen molar-refractivity contribution in [2.24, 2.45) is 5.92 Å². The molecular weight excluding hydrogens is 709 g/mol. The monoisotopic (exact) mass is 748 g/mol. The van der Waals surface area contributed by atoms with Gasteiger partial charge in [0.25, 0.3) is 0 Å². The molecule has 3 saturated heterocycles. The molecule has 0 saturated carbocycles. The fourth-order valence-electron chi connectivity index (χ4n) is 9.81. The van der Waals surface area contributed by atoms with Crippen molar-refractivity contribution >= 4 is 23.5 Å². The van der Waals surface area contributed by atoms with Gasteiger partial charge in [-0.1, -0.05) is 97.1 Å². The van der Waals surface area contributed by atoms with Crippen LogP contribution in [0, 0.1) is 5.92 Å². The molecule has 0 radical (unpaired) electrons. The van der Waals surface area contributed by atoms with Gasteiger partial charge in [-0.2, -0.15) is 0 Å². The summed E-state index contributed by atoms with van der Waals surface area (Å²) in [6.45, 7) is 2.92. The van der Waals surface area contributed by atoms with Crippen LogP contribution in [0.3, 0.4) is 0 Å². The number of hydrogen-bond donors (Lipinski definition) is 2. The fourth-order valence-corrected chi connectivity index (χ4v) is 9.81. The van der Waals surface area contributed by atoms with Crippen LogP contribution >= 0.6 is 0 Å². The van der Waals surface area contributed by atoms with Crippen molar-refractivity contribution in [1.82, 2.24) is 14.7 Å². The van der Waals surface area contributed by atoms with Crippen molar-refractivity contribution in [3.63, 3.8) is 0 Å². The van der Waals surface area contributed by atoms with Gasteiger partial charge in [-0.3, -0.25) is 24.2 Å². The average Bonchev–Trinajstić information content (AvgIpc) is 3.92. The highest BCUT2D eigenvalue weighted by atomic mass is 16.7. The standard InChI is InChI=1S/C45H40N4O7/c50-32-18-16-31(17-19-32)41-45(33-13-7-8-14-34(33)46-44(45)53)37(42(51)48-23-21-47(22-24-48)26-28-15-20-35-36(25-28)55-27-54-35)39-43(52)56-40(30-11-5-2-6-12-30)38(49(39)41)29-9-3-1-4-10-29/h1-20,25,37-41,50H,21-24,26-27H2,(H,46,53)/t37-,38-,39-,40+,41+,45-/m0/s1. The fraction of sp³-hybridized carbons (Fsp3) is 0.267. The Labute approximate surface area is 324 Å². The van der Waals surface area contributed by atoms with E-state index in [1.807, 2.05) is 108 Å². The van der Waals surface area contributed by atoms with E-state index in [9.17, 15) is 9.90 Å². The van der Waals surface area contributed by atoms with E-state index < -0.39 is 41.5 Å². The summed E-state index contributed by atoms with van der Waals surface area (Å²) >= 11 is 0. The first kappa shape index (κ1) is 34.3. The number of amides is 2. The van der Waals surface area contributed by atoms with Crippen LogP contribution in [0.5, 0.6) is 17.2 Å². The molecule has 5 aromatic rings. The van der Waals surface area contributed by atoms with Crippen LogP contribution in [0.25, 0.3) is 0 Å². The molecule has 11 heteroatoms. The molecule has 5 aliphatic heterocycles. The van der Waals surface area contributed by atoms with E-state index in [1.54, 1.807) is 24.3 Å². The Hall–Kier alpha value is -6.17. The topological polar surface area (TPSA) is 121 Å². The van der Waals surface area contributed by atoms with Gasteiger partial charge < -0.3 is 29.5 Å². The maximum atomic E-state index is 15.6. The molecular formula is C45H40N4O7. The second-order valence-corrected chi connectivity index (χ2v) is 15.1. The number of carbonyl (C=O) groups excluding carboxylic acids is 3. The van der Waals surface area contributed by atoms with Crippen molar-refractivity contribution < 1.29 is 33.7 Å². The molecule has 0 unspecified atom stereocenters. The molecule has 5 heterocycles. The van der Waals surface area contributed by atoms with Crippen LogP contribution in [-0.2, 0) is 31.1 Å². The number of piperazine rings is 1. The first-order chi connectivity index (χ1) is 27.4. The molecule has 5 aliphatic rings. The minimum atomic E-state index is -1.53. The number of para-hydroxylation sites is 1. The molecule has 56 heavy (non-hydrogen) atoms. The number of benzene rings is 5. The molecule has 10 rings (SSSR count). The molecule has 2 amide bonds. The summed E-state index contributed by atoms with van der Waals surface area (Å²) in [5.74, 6) is -0.769. The number of rotatable bonds is 6. The van der Waals surface area contributed by atoms with E-state index in [-0.39, 0.29) is 24.4 Å². The van der Waals surface area contributed by atoms with E-state index in [0.29, 0.717) is 49.5 Å². The van der Waals surface area contributed by atoms with Gasteiger partial charge in [0.15, 0.2) is 11.5 Å². The Bertz CT molecular complexity index is 2310. The highest BCUT2D eigenvalue weighted by molar-refractivity contribution is 6.12. The number of phenols is 1. The summed E-state index contributed by atoms with van der Waals surface area (Å²) in [5, 5.41) is 13.6. The predicted octanol–water partition coefficient (Wildman–Crippen LogP) is 5.74. The molecule has 0 aliphatic carbocycles. The third kappa shape index (κ3) is 5.36. The Morgan fingerprint density at radius 2 is 1.41 bits per heavy atom. The molecule has 0 aromatic heterocycles. The van der Waals surface area contributed by atoms with Crippen LogP contribution in [0.2, 0.25) is 0 Å². The van der Waals surface area contributed by atoms with Gasteiger partial charge in [0.1, 0.15) is 23.3 Å². The third-order valence-electron chi connectivity index (χ3n) is 12.2. The van der Waals surface area contributed by atoms with Crippen molar-refractivity contribution in [3.05, 3.63) is 155 Å². The second kappa shape index (κ2) is 13.5. The lowest BCUT2D eigenvalue weighted by molar-refractivity contribution is -0.179. The largest absolute Gasteiger partial charge is 0.508 e. The summed E-state index contributed by atoms with van der Waals surface area (Å²) in [7, 11) is 0. The Morgan fingerprint density at radius 3 is 2.16 bits per heavy atom. The number of esters is 1. The number of nitrogens with one attached hydrogen (secondary N) is 1. The van der Waals surface area contributed by atoms with Crippen molar-refractivity contribution in [2.75, 3.05) is 38.3 Å². The van der Waals surface area contributed by atoms with E-state index >= 15 is 9.59 Å². The summed E-state index contributed by atoms with van der Waals surface area (Å²) < 4.78 is 17.6. The number of morpholine rings is 1. The smallest absolute Gasteiger partial charge is 0.324 e. The van der Waals surface area contributed by atoms with Crippen molar-refractivity contribution in [3.8, 4) is 17.2 Å². The number of nitrogens with zero attached hydrogens (tertiary/aromatic N) is 3. The molecule has 2 N–H and O–H groups in total. The third-order valence-corrected chi connectivity index (χ3v) is 12.2. The summed E-state index contributed by atoms with van der Waals surface area (Å²) in [6, 6.07) is 37.2. The zero-order valence-corrected chi connectivity index (χ0v) is 30.5. The minimum absolute atomic E-state index is 0.0692. The quantitative estimate of drug-likeness (QED) is 0.210. The lowest BCUT2D eigenvalue weighted by Gasteiger charge is -2.46. The average molecular weight is 749 g/mol. The Kier molecular flexibility index (Phi) is 8.30. The van der Waals surface area contributed by atoms with Crippen LogP contribution in [-0.4, -0.2) is 76.6 Å². The summed E-state index contributed by atoms with van der Waals surface area (Å²) in [5.41, 5.74) is 3.21. The van der Waals surface area contributed by atoms with Crippen LogP contribution < -0.4 is 14.8 Å². The van der Waals surface area contributed by atoms with Gasteiger partial charge in [0.05, 0.1) is 18.0 Å². The maximum Gasteiger partial charge on any atom is 0.324 e. The molecule has 282 valence electrons. The lowest BCUT2D eigenvalue weighted by atomic mass is 9.65. The van der Waals surface area contributed by atoms with E-state index in [1.165, 1.54) is 0 Å². The molecule has 0 bridgehead atoms. The number of ether oxygens (including phenoxy) is 3. The Morgan fingerprint density at radius 1 is 0.732 bits per heavy atom. The zero-order chi connectivity index (χ0) is 38.0. The van der Waals surface area contributed by atoms with Crippen molar-refractivity contribution in [2.45, 2.75) is 36.2 Å². The SMILES string of the molecule is O=C1O[C@H](c2ccccc2)[C@H](c2ccccc2)N2[C@H]1[C@@H](C(=O)N1CCN(Cc3ccc4c(c3)OCO4)CC1)[C@]1(C(=O)Nc3ccccc31)[C@H]2c1ccc(O)cc1. The van der Waals surface area contributed by atoms with Crippen LogP contribution in [0.1, 0.15) is 46.0 Å². The summed E-state index contributed by atoms with van der Waals surface area (Å²) in [4.78, 5) is 51.8. The van der Waals surface area contributed by atoms with Gasteiger partial charge in [-0.05, 0) is 58.1 Å². The predicted molar refractivity (Wildman–Crippen MR) is 206 cm³/mol. The summed E-state index contributed by atoms with van der Waals surface area (Å²) in [6.07, 6.45) is -0.743. The number of cyclic esters (lactones) is 1. The highest BCUT2D eigenvalue weighted by Gasteiger charge is 2.74. The van der Waals surface area contributed by atoms with E-state index in [2.05, 4.69) is 15.1 Å². The van der Waals surface area contributed by atoms with Gasteiger partial charge in [0.2, 0.25) is 18.6 Å². The minimum Gasteiger partial charge on any atom is -0.508 e. The van der Waals surface area contributed by atoms with Gasteiger partial charge in [-0.15, -0.1) is 0 Å². The number of hydrogen-bond acceptors (Lipinski definition) is 9. The molecule has 3 fully saturated rings. The van der Waals surface area contributed by atoms with Crippen LogP contribution in [0.4, 0.5) is 5.69 Å². The highest BCUT2D eigenvalue weighted by Crippen LogP contribution is 2.65. The van der Waals surface area contributed by atoms with Gasteiger partial charge >= 0.3 is 5.97 Å². The first-order valence-corrected chi connectivity index (χ1v) is 19.1. The Balaban J connectivity index is 1.10. The second-order valence-electron chi connectivity index (χ2n) is 15.1. The maximum absolute atomic E-state index is 15.6. The van der Waals surface area contributed by atoms with E-state index in [4.69, 9.17) is 14.2 Å². The number of phenolic OH excluding ortho intramolecular Hbond substituents is 1.